The van der Waals surface area contributed by atoms with Crippen LogP contribution in [0.4, 0.5) is 0 Å². The zero-order valence-electron chi connectivity index (χ0n) is 10.1. The Kier molecular flexibility index (Phi) is 5.28. The minimum Gasteiger partial charge on any atom is -0.469 e. The molecule has 5 nitrogen and oxygen atoms in total. The second-order valence-electron chi connectivity index (χ2n) is 4.27. The highest BCUT2D eigenvalue weighted by atomic mass is 16.5. The van der Waals surface area contributed by atoms with E-state index in [-0.39, 0.29) is 24.4 Å². The number of nitrogens with zero attached hydrogens (tertiary/aromatic N) is 1. The molecule has 0 aliphatic heterocycles. The van der Waals surface area contributed by atoms with E-state index < -0.39 is 0 Å². The lowest BCUT2D eigenvalue weighted by Gasteiger charge is -2.31. The van der Waals surface area contributed by atoms with Gasteiger partial charge in [-0.25, -0.2) is 4.79 Å². The number of likely N-dealkylation sites (N-methyl/N-ethyl adjacent to an activating group) is 1. The summed E-state index contributed by atoms with van der Waals surface area (Å²) in [5, 5.41) is 0. The van der Waals surface area contributed by atoms with Crippen molar-refractivity contribution in [3.63, 3.8) is 0 Å². The fourth-order valence-corrected chi connectivity index (χ4v) is 1.31. The average Bonchev–Trinajstić information content (AvgIpc) is 2.15. The second kappa shape index (κ2) is 5.70. The van der Waals surface area contributed by atoms with Crippen molar-refractivity contribution >= 4 is 11.9 Å². The molecule has 0 spiro atoms. The van der Waals surface area contributed by atoms with Crippen molar-refractivity contribution in [2.24, 2.45) is 0 Å². The van der Waals surface area contributed by atoms with Crippen molar-refractivity contribution in [1.29, 1.82) is 0 Å². The molecule has 88 valence electrons. The van der Waals surface area contributed by atoms with Crippen molar-refractivity contribution in [2.75, 3.05) is 35.4 Å². The Balaban J connectivity index is 4.40. The molecule has 0 fully saturated rings. The van der Waals surface area contributed by atoms with Crippen LogP contribution in [0, 0.1) is 0 Å². The zero-order chi connectivity index (χ0) is 12.1. The second-order valence-corrected chi connectivity index (χ2v) is 4.27. The third kappa shape index (κ3) is 4.78. The Morgan fingerprint density at radius 3 is 2.00 bits per heavy atom. The number of carbonyl (C=O) groups excluding carboxylic acids is 2. The number of esters is 2. The Morgan fingerprint density at radius 2 is 1.67 bits per heavy atom. The minimum absolute atomic E-state index is 0.228. The van der Waals surface area contributed by atoms with Crippen LogP contribution >= 0.6 is 0 Å². The van der Waals surface area contributed by atoms with E-state index in [9.17, 15) is 9.59 Å². The lowest BCUT2D eigenvalue weighted by Crippen LogP contribution is -2.50. The maximum Gasteiger partial charge on any atom is 0.364 e. The van der Waals surface area contributed by atoms with Gasteiger partial charge in [-0.05, 0) is 0 Å². The summed E-state index contributed by atoms with van der Waals surface area (Å²) in [5.74, 6) is -0.608. The molecule has 0 saturated heterocycles. The highest BCUT2D eigenvalue weighted by molar-refractivity contribution is 5.76. The molecule has 0 aliphatic rings. The molecule has 15 heavy (non-hydrogen) atoms. The summed E-state index contributed by atoms with van der Waals surface area (Å²) in [6, 6.07) is -0.339. The number of carbonyl (C=O) groups is 2. The van der Waals surface area contributed by atoms with E-state index in [1.54, 1.807) is 0 Å². The van der Waals surface area contributed by atoms with Gasteiger partial charge in [-0.2, -0.15) is 0 Å². The Labute approximate surface area is 90.5 Å². The van der Waals surface area contributed by atoms with Crippen molar-refractivity contribution in [1.82, 2.24) is 0 Å². The van der Waals surface area contributed by atoms with Gasteiger partial charge in [0, 0.05) is 6.42 Å². The highest BCUT2D eigenvalue weighted by Gasteiger charge is 2.32. The number of hydrogen-bond donors (Lipinski definition) is 0. The summed E-state index contributed by atoms with van der Waals surface area (Å²) in [6.07, 6.45) is 0.661. The molecule has 0 amide bonds. The summed E-state index contributed by atoms with van der Waals surface area (Å²) < 4.78 is 9.66. The van der Waals surface area contributed by atoms with Gasteiger partial charge in [0.1, 0.15) is 0 Å². The summed E-state index contributed by atoms with van der Waals surface area (Å²) in [6.45, 7) is 0. The quantitative estimate of drug-likeness (QED) is 0.488. The standard InChI is InChI=1S/C10H20NO4/c1-11(2,3)8(10(13)15-5)6-7-9(12)14-4/h8H,6-7H2,1-5H3/q+1. The molecular weight excluding hydrogens is 198 g/mol. The van der Waals surface area contributed by atoms with E-state index in [1.807, 2.05) is 21.1 Å². The van der Waals surface area contributed by atoms with Gasteiger partial charge in [0.05, 0.1) is 41.8 Å². The summed E-state index contributed by atoms with van der Waals surface area (Å²) in [5.41, 5.74) is 0. The molecule has 0 heterocycles. The third-order valence-corrected chi connectivity index (χ3v) is 2.26. The number of rotatable bonds is 5. The van der Waals surface area contributed by atoms with Crippen LogP contribution < -0.4 is 0 Å². The summed E-state index contributed by atoms with van der Waals surface area (Å²) in [4.78, 5) is 22.4. The maximum absolute atomic E-state index is 11.5. The molecule has 0 rings (SSSR count). The van der Waals surface area contributed by atoms with Gasteiger partial charge in [0.2, 0.25) is 0 Å². The monoisotopic (exact) mass is 218 g/mol. The minimum atomic E-state index is -0.339. The van der Waals surface area contributed by atoms with Crippen LogP contribution in [0.15, 0.2) is 0 Å². The van der Waals surface area contributed by atoms with E-state index >= 15 is 0 Å². The number of quaternary nitrogens is 1. The van der Waals surface area contributed by atoms with Gasteiger partial charge in [0.25, 0.3) is 0 Å². The number of methoxy groups -OCH3 is 2. The van der Waals surface area contributed by atoms with E-state index in [4.69, 9.17) is 4.74 Å². The molecule has 0 aromatic rings. The highest BCUT2D eigenvalue weighted by Crippen LogP contribution is 2.12. The van der Waals surface area contributed by atoms with Crippen LogP contribution in [-0.4, -0.2) is 57.8 Å². The molecule has 0 aromatic carbocycles. The van der Waals surface area contributed by atoms with Gasteiger partial charge >= 0.3 is 11.9 Å². The van der Waals surface area contributed by atoms with Gasteiger partial charge in [-0.3, -0.25) is 4.79 Å². The fraction of sp³-hybridized carbons (Fsp3) is 0.800. The summed E-state index contributed by atoms with van der Waals surface area (Å²) >= 11 is 0. The lowest BCUT2D eigenvalue weighted by atomic mass is 10.1. The summed E-state index contributed by atoms with van der Waals surface area (Å²) in [7, 11) is 8.35. The predicted octanol–water partition coefficient (Wildman–Crippen LogP) is 0.187. The molecule has 0 saturated carbocycles. The van der Waals surface area contributed by atoms with Gasteiger partial charge in [-0.1, -0.05) is 0 Å². The first-order chi connectivity index (χ1) is 6.82. The first kappa shape index (κ1) is 13.9. The Bertz CT molecular complexity index is 232. The molecule has 0 N–H and O–H groups in total. The van der Waals surface area contributed by atoms with Gasteiger partial charge < -0.3 is 14.0 Å². The average molecular weight is 218 g/mol. The first-order valence-electron chi connectivity index (χ1n) is 4.78. The molecule has 1 unspecified atom stereocenters. The van der Waals surface area contributed by atoms with Crippen LogP contribution in [0.25, 0.3) is 0 Å². The number of ether oxygens (including phenoxy) is 2. The van der Waals surface area contributed by atoms with E-state index in [2.05, 4.69) is 4.74 Å². The SMILES string of the molecule is COC(=O)CCC(C(=O)OC)[N+](C)(C)C. The van der Waals surface area contributed by atoms with Gasteiger partial charge in [-0.15, -0.1) is 0 Å². The number of hydrogen-bond acceptors (Lipinski definition) is 4. The van der Waals surface area contributed by atoms with E-state index in [0.29, 0.717) is 10.9 Å². The Hall–Kier alpha value is -1.10. The Morgan fingerprint density at radius 1 is 1.13 bits per heavy atom. The van der Waals surface area contributed by atoms with Gasteiger partial charge in [0.15, 0.2) is 6.04 Å². The van der Waals surface area contributed by atoms with Crippen LogP contribution in [0.5, 0.6) is 0 Å². The maximum atomic E-state index is 11.5. The van der Waals surface area contributed by atoms with Crippen LogP contribution in [0.2, 0.25) is 0 Å². The third-order valence-electron chi connectivity index (χ3n) is 2.26. The predicted molar refractivity (Wildman–Crippen MR) is 55.1 cm³/mol. The zero-order valence-corrected chi connectivity index (χ0v) is 10.1. The molecular formula is C10H20NO4+. The van der Waals surface area contributed by atoms with Crippen molar-refractivity contribution in [3.05, 3.63) is 0 Å². The fourth-order valence-electron chi connectivity index (χ4n) is 1.31. The van der Waals surface area contributed by atoms with Crippen molar-refractivity contribution in [3.8, 4) is 0 Å². The molecule has 0 aromatic heterocycles. The first-order valence-corrected chi connectivity index (χ1v) is 4.78. The molecule has 0 bridgehead atoms. The normalized spacial score (nSPS) is 13.1. The van der Waals surface area contributed by atoms with E-state index in [1.165, 1.54) is 14.2 Å². The van der Waals surface area contributed by atoms with Crippen molar-refractivity contribution in [2.45, 2.75) is 18.9 Å². The van der Waals surface area contributed by atoms with E-state index in [0.717, 1.165) is 0 Å². The lowest BCUT2D eigenvalue weighted by molar-refractivity contribution is -0.887. The smallest absolute Gasteiger partial charge is 0.364 e. The molecule has 0 aliphatic carbocycles. The van der Waals surface area contributed by atoms with Crippen LogP contribution in [-0.2, 0) is 19.1 Å². The van der Waals surface area contributed by atoms with Crippen molar-refractivity contribution < 1.29 is 23.5 Å². The van der Waals surface area contributed by atoms with Crippen LogP contribution in [0.1, 0.15) is 12.8 Å². The largest absolute Gasteiger partial charge is 0.469 e. The van der Waals surface area contributed by atoms with Crippen LogP contribution in [0.3, 0.4) is 0 Å². The topological polar surface area (TPSA) is 52.6 Å². The molecule has 1 atom stereocenters. The molecule has 0 radical (unpaired) electrons. The molecule has 5 heteroatoms.